The molecule has 3 heterocycles. The molecule has 2 aliphatic rings. The van der Waals surface area contributed by atoms with Crippen LogP contribution in [-0.4, -0.2) is 80.7 Å². The number of nitrogens with zero attached hydrogens (tertiary/aromatic N) is 4. The summed E-state index contributed by atoms with van der Waals surface area (Å²) in [7, 11) is 3.66. The molecule has 1 unspecified atom stereocenters. The topological polar surface area (TPSA) is 95.8 Å². The average molecular weight is 427 g/mol. The van der Waals surface area contributed by atoms with Crippen LogP contribution in [-0.2, 0) is 4.74 Å². The van der Waals surface area contributed by atoms with Crippen molar-refractivity contribution in [3.05, 3.63) is 29.3 Å². The molecular formula is C22H30N6O3. The largest absolute Gasteiger partial charge is 0.489 e. The molecule has 9 nitrogen and oxygen atoms in total. The number of aromatic nitrogens is 2. The molecule has 2 aliphatic heterocycles. The maximum atomic E-state index is 7.86. The van der Waals surface area contributed by atoms with Crippen molar-refractivity contribution in [2.24, 2.45) is 0 Å². The van der Waals surface area contributed by atoms with E-state index in [-0.39, 0.29) is 6.10 Å². The second-order valence-electron chi connectivity index (χ2n) is 7.96. The van der Waals surface area contributed by atoms with Gasteiger partial charge in [0.1, 0.15) is 23.5 Å². The van der Waals surface area contributed by atoms with Crippen molar-refractivity contribution >= 4 is 23.5 Å². The maximum absolute atomic E-state index is 7.86. The number of hydrogen-bond acceptors (Lipinski definition) is 9. The maximum Gasteiger partial charge on any atom is 0.320 e. The number of methoxy groups -OCH3 is 1. The third-order valence-corrected chi connectivity index (χ3v) is 5.62. The molecule has 2 N–H and O–H groups in total. The van der Waals surface area contributed by atoms with E-state index in [0.717, 1.165) is 61.0 Å². The minimum Gasteiger partial charge on any atom is -0.489 e. The van der Waals surface area contributed by atoms with Crippen LogP contribution in [0.4, 0.5) is 17.3 Å². The second-order valence-corrected chi connectivity index (χ2v) is 7.96. The Bertz CT molecular complexity index is 932. The third kappa shape index (κ3) is 5.05. The highest BCUT2D eigenvalue weighted by atomic mass is 16.5. The molecule has 1 atom stereocenters. The van der Waals surface area contributed by atoms with E-state index < -0.39 is 0 Å². The lowest BCUT2D eigenvalue weighted by Crippen LogP contribution is -2.36. The zero-order valence-corrected chi connectivity index (χ0v) is 18.4. The van der Waals surface area contributed by atoms with E-state index in [1.54, 1.807) is 7.11 Å². The summed E-state index contributed by atoms with van der Waals surface area (Å²) in [5.41, 5.74) is 2.53. The zero-order chi connectivity index (χ0) is 21.8. The molecule has 31 heavy (non-hydrogen) atoms. The fourth-order valence-electron chi connectivity index (χ4n) is 3.90. The molecule has 0 amide bonds. The molecule has 0 bridgehead atoms. The molecule has 0 saturated carbocycles. The van der Waals surface area contributed by atoms with E-state index in [1.807, 2.05) is 25.1 Å². The first-order valence-corrected chi connectivity index (χ1v) is 10.6. The van der Waals surface area contributed by atoms with Crippen molar-refractivity contribution in [1.29, 1.82) is 5.41 Å². The summed E-state index contributed by atoms with van der Waals surface area (Å²) in [5, 5.41) is 11.2. The van der Waals surface area contributed by atoms with Gasteiger partial charge in [0.25, 0.3) is 0 Å². The van der Waals surface area contributed by atoms with Gasteiger partial charge in [-0.3, -0.25) is 0 Å². The highest BCUT2D eigenvalue weighted by Crippen LogP contribution is 2.31. The Kier molecular flexibility index (Phi) is 6.53. The van der Waals surface area contributed by atoms with E-state index in [1.165, 1.54) is 6.21 Å². The van der Waals surface area contributed by atoms with Crippen LogP contribution >= 0.6 is 0 Å². The van der Waals surface area contributed by atoms with Gasteiger partial charge in [-0.15, -0.1) is 0 Å². The van der Waals surface area contributed by atoms with Crippen molar-refractivity contribution in [2.45, 2.75) is 19.4 Å². The van der Waals surface area contributed by atoms with Crippen molar-refractivity contribution < 1.29 is 14.2 Å². The Labute approximate surface area is 182 Å². The highest BCUT2D eigenvalue weighted by molar-refractivity contribution is 5.88. The predicted molar refractivity (Wildman–Crippen MR) is 120 cm³/mol. The number of aryl methyl sites for hydroxylation is 1. The predicted octanol–water partition coefficient (Wildman–Crippen LogP) is 2.45. The fraction of sp³-hybridized carbons (Fsp3) is 0.500. The number of benzene rings is 1. The lowest BCUT2D eigenvalue weighted by molar-refractivity contribution is 0.122. The molecule has 1 aromatic heterocycles. The van der Waals surface area contributed by atoms with Gasteiger partial charge in [0.05, 0.1) is 26.0 Å². The molecular weight excluding hydrogens is 396 g/mol. The average Bonchev–Trinajstić information content (AvgIpc) is 3.20. The van der Waals surface area contributed by atoms with Gasteiger partial charge in [-0.25, -0.2) is 0 Å². The molecule has 2 saturated heterocycles. The molecule has 1 aromatic carbocycles. The molecule has 9 heteroatoms. The zero-order valence-electron chi connectivity index (χ0n) is 18.4. The Hall–Kier alpha value is -2.91. The number of hydrogen-bond donors (Lipinski definition) is 2. The summed E-state index contributed by atoms with van der Waals surface area (Å²) in [5.74, 6) is 2.21. The van der Waals surface area contributed by atoms with Gasteiger partial charge in [-0.2, -0.15) is 9.97 Å². The first-order chi connectivity index (χ1) is 15.1. The number of nitrogens with one attached hydrogen (secondary N) is 2. The van der Waals surface area contributed by atoms with E-state index in [2.05, 4.69) is 32.1 Å². The van der Waals surface area contributed by atoms with Gasteiger partial charge >= 0.3 is 6.01 Å². The summed E-state index contributed by atoms with van der Waals surface area (Å²) >= 11 is 0. The second kappa shape index (κ2) is 9.49. The summed E-state index contributed by atoms with van der Waals surface area (Å²) in [6.45, 7) is 6.84. The molecule has 4 rings (SSSR count). The lowest BCUT2D eigenvalue weighted by Gasteiger charge is -2.28. The minimum absolute atomic E-state index is 0.175. The van der Waals surface area contributed by atoms with E-state index in [4.69, 9.17) is 19.6 Å². The molecule has 2 aromatic rings. The fourth-order valence-corrected chi connectivity index (χ4v) is 3.90. The molecule has 0 aliphatic carbocycles. The number of anilines is 3. The SMILES string of the molecule is COc1nc(Nc2cc(OC3CCN(C)C3)c(C)cc2C=N)cc(N2CCOCC2)n1. The van der Waals surface area contributed by atoms with Crippen LogP contribution in [0, 0.1) is 12.3 Å². The van der Waals surface area contributed by atoms with Gasteiger partial charge < -0.3 is 34.7 Å². The van der Waals surface area contributed by atoms with Crippen LogP contribution in [0.2, 0.25) is 0 Å². The number of likely N-dealkylation sites (N-methyl/N-ethyl adjacent to an activating group) is 1. The van der Waals surface area contributed by atoms with Crippen LogP contribution in [0.5, 0.6) is 11.8 Å². The normalized spacial score (nSPS) is 19.3. The number of rotatable bonds is 7. The van der Waals surface area contributed by atoms with Crippen LogP contribution < -0.4 is 19.7 Å². The molecule has 0 radical (unpaired) electrons. The first kappa shape index (κ1) is 21.3. The smallest absolute Gasteiger partial charge is 0.320 e. The minimum atomic E-state index is 0.175. The van der Waals surface area contributed by atoms with Crippen molar-refractivity contribution in [1.82, 2.24) is 14.9 Å². The van der Waals surface area contributed by atoms with Crippen LogP contribution in [0.25, 0.3) is 0 Å². The highest BCUT2D eigenvalue weighted by Gasteiger charge is 2.22. The van der Waals surface area contributed by atoms with Crippen LogP contribution in [0.1, 0.15) is 17.5 Å². The third-order valence-electron chi connectivity index (χ3n) is 5.62. The quantitative estimate of drug-likeness (QED) is 0.652. The monoisotopic (exact) mass is 426 g/mol. The van der Waals surface area contributed by atoms with E-state index in [0.29, 0.717) is 25.0 Å². The van der Waals surface area contributed by atoms with Crippen molar-refractivity contribution in [3.63, 3.8) is 0 Å². The van der Waals surface area contributed by atoms with Crippen molar-refractivity contribution in [3.8, 4) is 11.8 Å². The Morgan fingerprint density at radius 2 is 2.00 bits per heavy atom. The summed E-state index contributed by atoms with van der Waals surface area (Å²) in [4.78, 5) is 13.4. The number of ether oxygens (including phenoxy) is 3. The van der Waals surface area contributed by atoms with E-state index >= 15 is 0 Å². The van der Waals surface area contributed by atoms with Gasteiger partial charge in [-0.1, -0.05) is 0 Å². The van der Waals surface area contributed by atoms with Crippen molar-refractivity contribution in [2.75, 3.05) is 63.8 Å². The van der Waals surface area contributed by atoms with Gasteiger partial charge in [0.2, 0.25) is 0 Å². The number of likely N-dealkylation sites (tertiary alicyclic amines) is 1. The molecule has 0 spiro atoms. The first-order valence-electron chi connectivity index (χ1n) is 10.6. The van der Waals surface area contributed by atoms with Gasteiger partial charge in [-0.05, 0) is 32.0 Å². The Balaban J connectivity index is 1.61. The summed E-state index contributed by atoms with van der Waals surface area (Å²) in [6, 6.07) is 6.11. The van der Waals surface area contributed by atoms with Crippen LogP contribution in [0.15, 0.2) is 18.2 Å². The van der Waals surface area contributed by atoms with E-state index in [9.17, 15) is 0 Å². The summed E-state index contributed by atoms with van der Waals surface area (Å²) in [6.07, 6.45) is 2.52. The molecule has 2 fully saturated rings. The van der Waals surface area contributed by atoms with Crippen LogP contribution in [0.3, 0.4) is 0 Å². The summed E-state index contributed by atoms with van der Waals surface area (Å²) < 4.78 is 17.1. The Morgan fingerprint density at radius 3 is 2.68 bits per heavy atom. The number of morpholine rings is 1. The molecule has 166 valence electrons. The standard InChI is InChI=1S/C22H30N6O3/c1-15-10-16(13-23)18(11-19(15)31-17-4-5-27(2)14-17)24-20-12-21(26-22(25-20)29-3)28-6-8-30-9-7-28/h10-13,17,23H,4-9,14H2,1-3H3,(H,24,25,26). The lowest BCUT2D eigenvalue weighted by atomic mass is 10.1. The van der Waals surface area contributed by atoms with Gasteiger partial charge in [0.15, 0.2) is 0 Å². The Morgan fingerprint density at radius 1 is 1.19 bits per heavy atom. The van der Waals surface area contributed by atoms with Gasteiger partial charge in [0, 0.05) is 50.1 Å².